The van der Waals surface area contributed by atoms with Crippen molar-refractivity contribution in [1.29, 1.82) is 0 Å². The maximum absolute atomic E-state index is 12.9. The van der Waals surface area contributed by atoms with Gasteiger partial charge in [0.2, 0.25) is 0 Å². The Morgan fingerprint density at radius 1 is 1.22 bits per heavy atom. The molecule has 0 unspecified atom stereocenters. The third kappa shape index (κ3) is 2.46. The van der Waals surface area contributed by atoms with Crippen LogP contribution in [0, 0.1) is 5.41 Å². The topological polar surface area (TPSA) is 95.7 Å². The molecule has 3 N–H and O–H groups in total. The van der Waals surface area contributed by atoms with Crippen molar-refractivity contribution in [2.45, 2.75) is 18.8 Å². The molecule has 0 aromatic heterocycles. The molecule has 122 valence electrons. The second-order valence-corrected chi connectivity index (χ2v) is 6.26. The van der Waals surface area contributed by atoms with Gasteiger partial charge in [-0.25, -0.2) is 10.2 Å². The summed E-state index contributed by atoms with van der Waals surface area (Å²) < 4.78 is 0. The molecule has 2 saturated heterocycles. The number of likely N-dealkylation sites (tertiary alicyclic amines) is 1. The first-order valence-electron chi connectivity index (χ1n) is 7.64. The van der Waals surface area contributed by atoms with Crippen LogP contribution in [0.3, 0.4) is 0 Å². The molecule has 1 spiro atoms. The largest absolute Gasteiger partial charge is 0.350 e. The van der Waals surface area contributed by atoms with E-state index in [-0.39, 0.29) is 5.91 Å². The van der Waals surface area contributed by atoms with Gasteiger partial charge in [0, 0.05) is 0 Å². The van der Waals surface area contributed by atoms with Gasteiger partial charge >= 0.3 is 6.03 Å². The highest BCUT2D eigenvalue weighted by Gasteiger charge is 2.60. The molecule has 2 aliphatic rings. The summed E-state index contributed by atoms with van der Waals surface area (Å²) in [6.45, 7) is 1.46. The number of nitrogens with one attached hydrogen (secondary N) is 1. The highest BCUT2D eigenvalue weighted by Crippen LogP contribution is 2.50. The van der Waals surface area contributed by atoms with E-state index in [1.807, 2.05) is 37.4 Å². The number of piperidine rings is 1. The van der Waals surface area contributed by atoms with Crippen LogP contribution in [0.5, 0.6) is 0 Å². The molecule has 7 nitrogen and oxygen atoms in total. The van der Waals surface area contributed by atoms with Gasteiger partial charge in [-0.15, -0.1) is 0 Å². The first-order chi connectivity index (χ1) is 11.0. The van der Waals surface area contributed by atoms with E-state index in [0.29, 0.717) is 12.8 Å². The summed E-state index contributed by atoms with van der Waals surface area (Å²) in [6.07, 6.45) is 1.15. The number of primary amides is 1. The number of benzene rings is 1. The van der Waals surface area contributed by atoms with Gasteiger partial charge in [-0.2, -0.15) is 5.01 Å². The number of nitrogens with zero attached hydrogens (tertiary/aromatic N) is 2. The summed E-state index contributed by atoms with van der Waals surface area (Å²) in [5, 5.41) is 0.811. The molecule has 0 radical (unpaired) electrons. The smallest absolute Gasteiger partial charge is 0.331 e. The Hall–Kier alpha value is -2.41. The van der Waals surface area contributed by atoms with Crippen molar-refractivity contribution in [3.05, 3.63) is 35.9 Å². The lowest BCUT2D eigenvalue weighted by atomic mass is 9.67. The van der Waals surface area contributed by atoms with Gasteiger partial charge in [0.05, 0.1) is 11.3 Å². The molecule has 1 atom stereocenters. The van der Waals surface area contributed by atoms with Crippen LogP contribution in [0.2, 0.25) is 0 Å². The third-order valence-corrected chi connectivity index (χ3v) is 4.88. The number of hydrogen-bond donors (Lipinski definition) is 2. The van der Waals surface area contributed by atoms with Crippen LogP contribution in [0.1, 0.15) is 24.3 Å². The minimum Gasteiger partial charge on any atom is -0.350 e. The molecule has 1 aromatic carbocycles. The van der Waals surface area contributed by atoms with Crippen molar-refractivity contribution in [2.75, 3.05) is 20.1 Å². The highest BCUT2D eigenvalue weighted by atomic mass is 16.2. The first-order valence-corrected chi connectivity index (χ1v) is 7.64. The van der Waals surface area contributed by atoms with Crippen LogP contribution in [0.15, 0.2) is 30.3 Å². The molecule has 2 fully saturated rings. The number of imide groups is 1. The minimum atomic E-state index is -0.913. The maximum Gasteiger partial charge on any atom is 0.331 e. The van der Waals surface area contributed by atoms with Crippen molar-refractivity contribution in [3.8, 4) is 0 Å². The van der Waals surface area contributed by atoms with Crippen LogP contribution in [-0.2, 0) is 9.59 Å². The Morgan fingerprint density at radius 2 is 1.83 bits per heavy atom. The molecule has 0 bridgehead atoms. The monoisotopic (exact) mass is 316 g/mol. The van der Waals surface area contributed by atoms with Crippen LogP contribution >= 0.6 is 0 Å². The Labute approximate surface area is 134 Å². The molecule has 1 aromatic rings. The predicted octanol–water partition coefficient (Wildman–Crippen LogP) is 0.434. The number of urea groups is 1. The van der Waals surface area contributed by atoms with Gasteiger partial charge in [0.15, 0.2) is 0 Å². The Kier molecular flexibility index (Phi) is 3.81. The average molecular weight is 316 g/mol. The van der Waals surface area contributed by atoms with Crippen LogP contribution in [-0.4, -0.2) is 47.9 Å². The number of hydrazine groups is 1. The molecular formula is C16H20N4O3. The van der Waals surface area contributed by atoms with Gasteiger partial charge in [-0.05, 0) is 38.5 Å². The molecule has 23 heavy (non-hydrogen) atoms. The summed E-state index contributed by atoms with van der Waals surface area (Å²) in [4.78, 5) is 39.1. The Balaban J connectivity index is 2.04. The van der Waals surface area contributed by atoms with Gasteiger partial charge < -0.3 is 10.6 Å². The number of rotatable bonds is 2. The number of hydrogen-bond acceptors (Lipinski definition) is 4. The van der Waals surface area contributed by atoms with Crippen molar-refractivity contribution >= 4 is 17.8 Å². The zero-order valence-corrected chi connectivity index (χ0v) is 13.0. The van der Waals surface area contributed by atoms with Crippen LogP contribution < -0.4 is 11.2 Å². The second kappa shape index (κ2) is 5.66. The van der Waals surface area contributed by atoms with Gasteiger partial charge in [0.25, 0.3) is 11.8 Å². The molecule has 2 aliphatic heterocycles. The predicted molar refractivity (Wildman–Crippen MR) is 82.9 cm³/mol. The Bertz CT molecular complexity index is 638. The number of amides is 4. The number of nitrogens with two attached hydrogens (primary N) is 1. The maximum atomic E-state index is 12.9. The highest BCUT2D eigenvalue weighted by molar-refractivity contribution is 6.10. The van der Waals surface area contributed by atoms with Crippen molar-refractivity contribution in [2.24, 2.45) is 11.1 Å². The summed E-state index contributed by atoms with van der Waals surface area (Å²) in [7, 11) is 1.99. The Morgan fingerprint density at radius 3 is 2.39 bits per heavy atom. The van der Waals surface area contributed by atoms with E-state index < -0.39 is 23.3 Å². The average Bonchev–Trinajstić information content (AvgIpc) is 2.73. The summed E-state index contributed by atoms with van der Waals surface area (Å²) in [5.41, 5.74) is 7.28. The van der Waals surface area contributed by atoms with E-state index in [9.17, 15) is 14.4 Å². The van der Waals surface area contributed by atoms with E-state index in [2.05, 4.69) is 10.3 Å². The zero-order chi connectivity index (χ0) is 16.6. The fraction of sp³-hybridized carbons (Fsp3) is 0.438. The van der Waals surface area contributed by atoms with Crippen molar-refractivity contribution in [3.63, 3.8) is 0 Å². The van der Waals surface area contributed by atoms with Crippen LogP contribution in [0.25, 0.3) is 0 Å². The van der Waals surface area contributed by atoms with Crippen molar-refractivity contribution in [1.82, 2.24) is 15.3 Å². The summed E-state index contributed by atoms with van der Waals surface area (Å²) >= 11 is 0. The van der Waals surface area contributed by atoms with E-state index >= 15 is 0 Å². The van der Waals surface area contributed by atoms with Gasteiger partial charge in [-0.3, -0.25) is 9.59 Å². The SMILES string of the molecule is CN1CCC2(CC1)C(=O)N(NC(N)=O)C(=O)[C@H]2c1ccccc1. The fourth-order valence-corrected chi connectivity index (χ4v) is 3.65. The van der Waals surface area contributed by atoms with Crippen LogP contribution in [0.4, 0.5) is 4.79 Å². The zero-order valence-electron chi connectivity index (χ0n) is 13.0. The molecule has 7 heteroatoms. The number of carbonyl (C=O) groups is 3. The minimum absolute atomic E-state index is 0.358. The van der Waals surface area contributed by atoms with Gasteiger partial charge in [-0.1, -0.05) is 30.3 Å². The molecule has 4 amide bonds. The van der Waals surface area contributed by atoms with Gasteiger partial charge in [0.1, 0.15) is 0 Å². The third-order valence-electron chi connectivity index (χ3n) is 4.88. The molecule has 2 heterocycles. The standard InChI is InChI=1S/C16H20N4O3/c1-19-9-7-16(8-10-19)12(11-5-3-2-4-6-11)13(21)20(14(16)22)18-15(17)23/h2-6,12H,7-10H2,1H3,(H3,17,18,23)/t12-/m1/s1. The molecule has 0 saturated carbocycles. The van der Waals surface area contributed by atoms with E-state index in [1.165, 1.54) is 0 Å². The molecule has 3 rings (SSSR count). The summed E-state index contributed by atoms with van der Waals surface area (Å²) in [6, 6.07) is 8.35. The van der Waals surface area contributed by atoms with Crippen molar-refractivity contribution < 1.29 is 14.4 Å². The quantitative estimate of drug-likeness (QED) is 0.774. The van der Waals surface area contributed by atoms with E-state index in [1.54, 1.807) is 0 Å². The normalized spacial score (nSPS) is 24.2. The lowest BCUT2D eigenvalue weighted by molar-refractivity contribution is -0.145. The second-order valence-electron chi connectivity index (χ2n) is 6.26. The molecular weight excluding hydrogens is 296 g/mol. The summed E-state index contributed by atoms with van der Waals surface area (Å²) in [5.74, 6) is -1.36. The first kappa shape index (κ1) is 15.5. The number of carbonyl (C=O) groups excluding carboxylic acids is 3. The fourth-order valence-electron chi connectivity index (χ4n) is 3.65. The van der Waals surface area contributed by atoms with E-state index in [0.717, 1.165) is 23.7 Å². The lowest BCUT2D eigenvalue weighted by Crippen LogP contribution is -2.51. The van der Waals surface area contributed by atoms with E-state index in [4.69, 9.17) is 5.73 Å². The lowest BCUT2D eigenvalue weighted by Gasteiger charge is -2.38. The molecule has 0 aliphatic carbocycles.